The molecule has 0 radical (unpaired) electrons. The lowest BCUT2D eigenvalue weighted by atomic mass is 10.2. The second-order valence-corrected chi connectivity index (χ2v) is 6.06. The summed E-state index contributed by atoms with van der Waals surface area (Å²) in [5.74, 6) is 0. The quantitative estimate of drug-likeness (QED) is 0.810. The summed E-state index contributed by atoms with van der Waals surface area (Å²) in [4.78, 5) is 14.7. The number of carbonyl (C=O) groups excluding carboxylic acids is 1. The number of benzene rings is 1. The lowest BCUT2D eigenvalue weighted by Gasteiger charge is -2.19. The van der Waals surface area contributed by atoms with Gasteiger partial charge in [-0.15, -0.1) is 11.3 Å². The van der Waals surface area contributed by atoms with Crippen molar-refractivity contribution in [1.82, 2.24) is 4.90 Å². The molecule has 106 valence electrons. The summed E-state index contributed by atoms with van der Waals surface area (Å²) in [6, 6.07) is 13.4. The van der Waals surface area contributed by atoms with Crippen molar-refractivity contribution >= 4 is 29.0 Å². The molecule has 0 atom stereocenters. The van der Waals surface area contributed by atoms with E-state index in [1.54, 1.807) is 4.90 Å². The zero-order valence-electron chi connectivity index (χ0n) is 11.2. The summed E-state index contributed by atoms with van der Waals surface area (Å²) in [5, 5.41) is 0. The van der Waals surface area contributed by atoms with Crippen LogP contribution in [0.4, 0.5) is 4.79 Å². The molecule has 0 spiro atoms. The van der Waals surface area contributed by atoms with E-state index < -0.39 is 0 Å². The van der Waals surface area contributed by atoms with E-state index in [9.17, 15) is 4.79 Å². The van der Waals surface area contributed by atoms with Crippen LogP contribution in [0.2, 0.25) is 4.34 Å². The second kappa shape index (κ2) is 7.31. The molecule has 20 heavy (non-hydrogen) atoms. The lowest BCUT2D eigenvalue weighted by Crippen LogP contribution is -2.30. The molecule has 2 rings (SSSR count). The first-order valence-corrected chi connectivity index (χ1v) is 7.58. The van der Waals surface area contributed by atoms with Gasteiger partial charge in [0.25, 0.3) is 0 Å². The molecule has 0 saturated heterocycles. The van der Waals surface area contributed by atoms with Crippen LogP contribution in [-0.4, -0.2) is 17.5 Å². The molecule has 0 fully saturated rings. The van der Waals surface area contributed by atoms with Crippen LogP contribution in [0.3, 0.4) is 0 Å². The monoisotopic (exact) mass is 309 g/mol. The van der Waals surface area contributed by atoms with E-state index >= 15 is 0 Å². The Morgan fingerprint density at radius 1 is 1.25 bits per heavy atom. The molecule has 0 aliphatic carbocycles. The van der Waals surface area contributed by atoms with E-state index in [-0.39, 0.29) is 6.09 Å². The Morgan fingerprint density at radius 2 is 2.00 bits per heavy atom. The van der Waals surface area contributed by atoms with Crippen LogP contribution in [0, 0.1) is 0 Å². The van der Waals surface area contributed by atoms with Crippen LogP contribution in [-0.2, 0) is 17.9 Å². The molecule has 0 saturated carbocycles. The molecule has 0 unspecified atom stereocenters. The molecule has 1 aromatic carbocycles. The molecule has 0 aliphatic heterocycles. The van der Waals surface area contributed by atoms with Crippen LogP contribution >= 0.6 is 22.9 Å². The standard InChI is InChI=1S/C15H16ClNO2S/c1-2-17(10-13-8-9-14(16)20-13)15(18)19-11-12-6-4-3-5-7-12/h3-9H,2,10-11H2,1H3. The van der Waals surface area contributed by atoms with Gasteiger partial charge in [-0.2, -0.15) is 0 Å². The van der Waals surface area contributed by atoms with Gasteiger partial charge in [0.2, 0.25) is 0 Å². The third-order valence-corrected chi connectivity index (χ3v) is 4.04. The fraction of sp³-hybridized carbons (Fsp3) is 0.267. The van der Waals surface area contributed by atoms with Crippen LogP contribution < -0.4 is 0 Å². The highest BCUT2D eigenvalue weighted by atomic mass is 35.5. The number of carbonyl (C=O) groups is 1. The van der Waals surface area contributed by atoms with Crippen molar-refractivity contribution < 1.29 is 9.53 Å². The van der Waals surface area contributed by atoms with Crippen molar-refractivity contribution in [3.8, 4) is 0 Å². The fourth-order valence-electron chi connectivity index (χ4n) is 1.74. The highest BCUT2D eigenvalue weighted by Crippen LogP contribution is 2.22. The van der Waals surface area contributed by atoms with Gasteiger partial charge >= 0.3 is 6.09 Å². The molecule has 0 N–H and O–H groups in total. The number of hydrogen-bond donors (Lipinski definition) is 0. The summed E-state index contributed by atoms with van der Waals surface area (Å²) in [7, 11) is 0. The number of hydrogen-bond acceptors (Lipinski definition) is 3. The second-order valence-electron chi connectivity index (χ2n) is 4.26. The lowest BCUT2D eigenvalue weighted by molar-refractivity contribution is 0.0960. The summed E-state index contributed by atoms with van der Waals surface area (Å²) in [6.45, 7) is 3.35. The summed E-state index contributed by atoms with van der Waals surface area (Å²) in [5.41, 5.74) is 0.982. The van der Waals surface area contributed by atoms with Gasteiger partial charge in [0, 0.05) is 11.4 Å². The first-order valence-electron chi connectivity index (χ1n) is 6.39. The Bertz CT molecular complexity index is 556. The predicted octanol–water partition coefficient (Wildman–Crippen LogP) is 4.56. The molecule has 5 heteroatoms. The molecular weight excluding hydrogens is 294 g/mol. The summed E-state index contributed by atoms with van der Waals surface area (Å²) >= 11 is 7.37. The van der Waals surface area contributed by atoms with Gasteiger partial charge in [-0.05, 0) is 24.6 Å². The van der Waals surface area contributed by atoms with Gasteiger partial charge in [0.1, 0.15) is 6.61 Å². The van der Waals surface area contributed by atoms with Crippen molar-refractivity contribution in [2.45, 2.75) is 20.1 Å². The Balaban J connectivity index is 1.89. The average Bonchev–Trinajstić information content (AvgIpc) is 2.88. The van der Waals surface area contributed by atoms with Crippen LogP contribution in [0.25, 0.3) is 0 Å². The minimum Gasteiger partial charge on any atom is -0.445 e. The zero-order valence-corrected chi connectivity index (χ0v) is 12.8. The topological polar surface area (TPSA) is 29.5 Å². The van der Waals surface area contributed by atoms with Gasteiger partial charge < -0.3 is 9.64 Å². The van der Waals surface area contributed by atoms with E-state index in [4.69, 9.17) is 16.3 Å². The Morgan fingerprint density at radius 3 is 2.60 bits per heavy atom. The van der Waals surface area contributed by atoms with E-state index in [0.717, 1.165) is 14.8 Å². The number of ether oxygens (including phenoxy) is 1. The van der Waals surface area contributed by atoms with Crippen molar-refractivity contribution in [2.24, 2.45) is 0 Å². The predicted molar refractivity (Wildman–Crippen MR) is 82.0 cm³/mol. The van der Waals surface area contributed by atoms with E-state index in [1.165, 1.54) is 11.3 Å². The Hall–Kier alpha value is -1.52. The normalized spacial score (nSPS) is 10.3. The number of thiophene rings is 1. The fourth-order valence-corrected chi connectivity index (χ4v) is 2.84. The molecular formula is C15H16ClNO2S. The van der Waals surface area contributed by atoms with Gasteiger partial charge in [0.15, 0.2) is 0 Å². The average molecular weight is 310 g/mol. The SMILES string of the molecule is CCN(Cc1ccc(Cl)s1)C(=O)OCc1ccccc1. The number of amides is 1. The van der Waals surface area contributed by atoms with Crippen molar-refractivity contribution in [3.63, 3.8) is 0 Å². The van der Waals surface area contributed by atoms with Gasteiger partial charge in [-0.1, -0.05) is 41.9 Å². The van der Waals surface area contributed by atoms with E-state index in [1.807, 2.05) is 49.4 Å². The summed E-state index contributed by atoms with van der Waals surface area (Å²) < 4.78 is 6.05. The zero-order chi connectivity index (χ0) is 14.4. The number of nitrogens with zero attached hydrogens (tertiary/aromatic N) is 1. The minimum absolute atomic E-state index is 0.293. The number of halogens is 1. The maximum absolute atomic E-state index is 12.0. The highest BCUT2D eigenvalue weighted by molar-refractivity contribution is 7.16. The largest absolute Gasteiger partial charge is 0.445 e. The summed E-state index contributed by atoms with van der Waals surface area (Å²) in [6.07, 6.45) is -0.305. The molecule has 0 bridgehead atoms. The molecule has 1 heterocycles. The third-order valence-electron chi connectivity index (χ3n) is 2.82. The third kappa shape index (κ3) is 4.25. The number of rotatable bonds is 5. The molecule has 0 aliphatic rings. The maximum Gasteiger partial charge on any atom is 0.410 e. The van der Waals surface area contributed by atoms with Crippen LogP contribution in [0.5, 0.6) is 0 Å². The highest BCUT2D eigenvalue weighted by Gasteiger charge is 2.14. The molecule has 3 nitrogen and oxygen atoms in total. The Kier molecular flexibility index (Phi) is 5.44. The van der Waals surface area contributed by atoms with Gasteiger partial charge in [-0.3, -0.25) is 0 Å². The first kappa shape index (κ1) is 14.9. The molecule has 1 amide bonds. The van der Waals surface area contributed by atoms with Crippen molar-refractivity contribution in [1.29, 1.82) is 0 Å². The maximum atomic E-state index is 12.0. The van der Waals surface area contributed by atoms with Crippen LogP contribution in [0.1, 0.15) is 17.4 Å². The smallest absolute Gasteiger partial charge is 0.410 e. The molecule has 1 aromatic heterocycles. The van der Waals surface area contributed by atoms with E-state index in [2.05, 4.69) is 0 Å². The Labute approximate surface area is 127 Å². The first-order chi connectivity index (χ1) is 9.69. The van der Waals surface area contributed by atoms with Crippen molar-refractivity contribution in [3.05, 3.63) is 57.2 Å². The molecule has 2 aromatic rings. The van der Waals surface area contributed by atoms with Gasteiger partial charge in [0.05, 0.1) is 10.9 Å². The van der Waals surface area contributed by atoms with Crippen molar-refractivity contribution in [2.75, 3.05) is 6.54 Å². The van der Waals surface area contributed by atoms with Crippen LogP contribution in [0.15, 0.2) is 42.5 Å². The van der Waals surface area contributed by atoms with E-state index in [0.29, 0.717) is 19.7 Å². The minimum atomic E-state index is -0.305. The van der Waals surface area contributed by atoms with Gasteiger partial charge in [-0.25, -0.2) is 4.79 Å².